The molecule has 0 amide bonds. The summed E-state index contributed by atoms with van der Waals surface area (Å²) in [5.41, 5.74) is 11.2. The van der Waals surface area contributed by atoms with Crippen molar-refractivity contribution in [3.63, 3.8) is 0 Å². The first-order valence-corrected chi connectivity index (χ1v) is 19.8. The van der Waals surface area contributed by atoms with E-state index in [1.165, 1.54) is 60.0 Å². The summed E-state index contributed by atoms with van der Waals surface area (Å²) < 4.78 is 0. The Morgan fingerprint density at radius 3 is 1.86 bits per heavy atom. The number of benzene rings is 9. The van der Waals surface area contributed by atoms with Crippen molar-refractivity contribution in [2.75, 3.05) is 0 Å². The van der Waals surface area contributed by atoms with Crippen LogP contribution in [0, 0.1) is 0 Å². The van der Waals surface area contributed by atoms with Gasteiger partial charge in [0.05, 0.1) is 11.7 Å². The number of pyridine rings is 1. The SMILES string of the molecule is C1=C(c2ccc(-c3cncc4ccccc34)cc2)N=C(c2cccc(-c3ccc4ccccc4c3)c2)NC1c1cccc(-c2cc3ccccc3c3ccccc23)c1. The fourth-order valence-corrected chi connectivity index (χ4v) is 8.60. The van der Waals surface area contributed by atoms with E-state index < -0.39 is 0 Å². The lowest BCUT2D eigenvalue weighted by atomic mass is 9.91. The van der Waals surface area contributed by atoms with Crippen LogP contribution in [0.3, 0.4) is 0 Å². The van der Waals surface area contributed by atoms with Gasteiger partial charge in [-0.15, -0.1) is 0 Å². The molecule has 0 bridgehead atoms. The topological polar surface area (TPSA) is 37.3 Å². The molecule has 1 atom stereocenters. The molecule has 1 unspecified atom stereocenters. The van der Waals surface area contributed by atoms with Gasteiger partial charge in [0.15, 0.2) is 0 Å². The standard InChI is InChI=1S/C55H37N3/c1-2-12-39-29-41(28-23-36(39)11-1)40-15-9-18-45(30-40)55-57-53(38-26-24-37(25-27-38)52-35-56-34-46-14-4-6-20-48(46)52)33-54(58-55)44-17-10-16-42(31-44)51-32-43-13-3-5-19-47(43)49-21-7-8-22-50(49)51/h1-35,54H,(H,57,58). The van der Waals surface area contributed by atoms with Gasteiger partial charge >= 0.3 is 0 Å². The van der Waals surface area contributed by atoms with Gasteiger partial charge < -0.3 is 5.32 Å². The molecule has 3 heteroatoms. The minimum Gasteiger partial charge on any atom is -0.359 e. The smallest absolute Gasteiger partial charge is 0.134 e. The lowest BCUT2D eigenvalue weighted by molar-refractivity contribution is 0.781. The summed E-state index contributed by atoms with van der Waals surface area (Å²) in [4.78, 5) is 9.90. The van der Waals surface area contributed by atoms with Crippen LogP contribution >= 0.6 is 0 Å². The molecule has 1 aliphatic rings. The summed E-state index contributed by atoms with van der Waals surface area (Å²) in [6.45, 7) is 0. The average molecular weight is 740 g/mol. The van der Waals surface area contributed by atoms with Gasteiger partial charge in [0, 0.05) is 28.9 Å². The number of rotatable bonds is 6. The van der Waals surface area contributed by atoms with Gasteiger partial charge in [0.25, 0.3) is 0 Å². The molecule has 58 heavy (non-hydrogen) atoms. The van der Waals surface area contributed by atoms with Crippen LogP contribution in [-0.2, 0) is 0 Å². The zero-order valence-electron chi connectivity index (χ0n) is 31.7. The molecule has 9 aromatic carbocycles. The Morgan fingerprint density at radius 2 is 1.00 bits per heavy atom. The second kappa shape index (κ2) is 14.1. The Kier molecular flexibility index (Phi) is 8.22. The summed E-state index contributed by atoms with van der Waals surface area (Å²) >= 11 is 0. The molecule has 0 fully saturated rings. The van der Waals surface area contributed by atoms with E-state index in [4.69, 9.17) is 4.99 Å². The molecule has 1 aliphatic heterocycles. The molecule has 2 heterocycles. The van der Waals surface area contributed by atoms with Crippen LogP contribution in [0.5, 0.6) is 0 Å². The molecule has 10 aromatic rings. The van der Waals surface area contributed by atoms with E-state index in [0.29, 0.717) is 0 Å². The molecule has 1 aromatic heterocycles. The van der Waals surface area contributed by atoms with Crippen LogP contribution in [0.2, 0.25) is 0 Å². The van der Waals surface area contributed by atoms with E-state index in [9.17, 15) is 0 Å². The Bertz CT molecular complexity index is 3260. The van der Waals surface area contributed by atoms with Gasteiger partial charge in [-0.1, -0.05) is 170 Å². The van der Waals surface area contributed by atoms with Crippen molar-refractivity contribution in [1.29, 1.82) is 0 Å². The van der Waals surface area contributed by atoms with Crippen molar-refractivity contribution < 1.29 is 0 Å². The number of aromatic nitrogens is 1. The summed E-state index contributed by atoms with van der Waals surface area (Å²) in [7, 11) is 0. The number of hydrogen-bond acceptors (Lipinski definition) is 3. The molecule has 272 valence electrons. The minimum absolute atomic E-state index is 0.125. The van der Waals surface area contributed by atoms with Gasteiger partial charge in [-0.05, 0) is 107 Å². The van der Waals surface area contributed by atoms with E-state index in [1.54, 1.807) is 0 Å². The van der Waals surface area contributed by atoms with Crippen LogP contribution in [0.1, 0.15) is 22.7 Å². The largest absolute Gasteiger partial charge is 0.359 e. The molecule has 0 aliphatic carbocycles. The highest BCUT2D eigenvalue weighted by Gasteiger charge is 2.21. The Labute approximate surface area is 337 Å². The number of nitrogens with one attached hydrogen (secondary N) is 1. The number of fused-ring (bicyclic) bond motifs is 5. The maximum absolute atomic E-state index is 5.35. The molecule has 0 saturated heterocycles. The molecule has 1 N–H and O–H groups in total. The van der Waals surface area contributed by atoms with Gasteiger partial charge in [0.1, 0.15) is 5.84 Å². The van der Waals surface area contributed by atoms with Crippen LogP contribution in [0.25, 0.3) is 82.2 Å². The van der Waals surface area contributed by atoms with Crippen molar-refractivity contribution in [3.05, 3.63) is 229 Å². The van der Waals surface area contributed by atoms with Crippen molar-refractivity contribution in [2.24, 2.45) is 4.99 Å². The van der Waals surface area contributed by atoms with E-state index in [1.807, 2.05) is 12.4 Å². The van der Waals surface area contributed by atoms with Gasteiger partial charge in [-0.2, -0.15) is 0 Å². The lowest BCUT2D eigenvalue weighted by Gasteiger charge is -2.25. The Morgan fingerprint density at radius 1 is 0.362 bits per heavy atom. The quantitative estimate of drug-likeness (QED) is 0.172. The summed E-state index contributed by atoms with van der Waals surface area (Å²) in [5, 5.41) is 13.7. The fraction of sp³-hybridized carbons (Fsp3) is 0.0182. The minimum atomic E-state index is -0.125. The molecular formula is C55H37N3. The third kappa shape index (κ3) is 6.10. The van der Waals surface area contributed by atoms with E-state index in [-0.39, 0.29) is 6.04 Å². The van der Waals surface area contributed by atoms with Crippen LogP contribution in [-0.4, -0.2) is 10.8 Å². The summed E-state index contributed by atoms with van der Waals surface area (Å²) in [5.74, 6) is 0.842. The predicted molar refractivity (Wildman–Crippen MR) is 244 cm³/mol. The highest BCUT2D eigenvalue weighted by atomic mass is 15.0. The highest BCUT2D eigenvalue weighted by molar-refractivity contribution is 6.14. The van der Waals surface area contributed by atoms with E-state index >= 15 is 0 Å². The fourth-order valence-electron chi connectivity index (χ4n) is 8.60. The van der Waals surface area contributed by atoms with E-state index in [0.717, 1.165) is 44.7 Å². The van der Waals surface area contributed by atoms with E-state index in [2.05, 4.69) is 211 Å². The molecule has 0 saturated carbocycles. The number of aliphatic imine (C=N–C) groups is 1. The molecular weight excluding hydrogens is 703 g/mol. The monoisotopic (exact) mass is 739 g/mol. The maximum Gasteiger partial charge on any atom is 0.134 e. The van der Waals surface area contributed by atoms with Crippen LogP contribution in [0.15, 0.2) is 218 Å². The maximum atomic E-state index is 5.35. The predicted octanol–water partition coefficient (Wildman–Crippen LogP) is 13.8. The first kappa shape index (κ1) is 33.7. The lowest BCUT2D eigenvalue weighted by Crippen LogP contribution is -2.31. The summed E-state index contributed by atoms with van der Waals surface area (Å²) in [6.07, 6.45) is 6.15. The molecule has 11 rings (SSSR count). The Hall–Kier alpha value is -7.62. The van der Waals surface area contributed by atoms with Crippen molar-refractivity contribution in [2.45, 2.75) is 6.04 Å². The number of nitrogens with zero attached hydrogens (tertiary/aromatic N) is 2. The second-order valence-electron chi connectivity index (χ2n) is 15.1. The molecule has 3 nitrogen and oxygen atoms in total. The third-order valence-corrected chi connectivity index (χ3v) is 11.6. The zero-order valence-corrected chi connectivity index (χ0v) is 31.7. The van der Waals surface area contributed by atoms with Crippen molar-refractivity contribution >= 4 is 54.6 Å². The second-order valence-corrected chi connectivity index (χ2v) is 15.1. The summed E-state index contributed by atoms with van der Waals surface area (Å²) in [6, 6.07) is 69.7. The average Bonchev–Trinajstić information content (AvgIpc) is 3.31. The van der Waals surface area contributed by atoms with Crippen LogP contribution < -0.4 is 5.32 Å². The van der Waals surface area contributed by atoms with Gasteiger partial charge in [-0.25, -0.2) is 4.99 Å². The first-order chi connectivity index (χ1) is 28.7. The Balaban J connectivity index is 1.01. The first-order valence-electron chi connectivity index (χ1n) is 19.8. The molecule has 0 spiro atoms. The number of amidine groups is 1. The molecule has 0 radical (unpaired) electrons. The van der Waals surface area contributed by atoms with Gasteiger partial charge in [-0.3, -0.25) is 4.98 Å². The highest BCUT2D eigenvalue weighted by Crippen LogP contribution is 2.38. The van der Waals surface area contributed by atoms with Crippen molar-refractivity contribution in [3.8, 4) is 33.4 Å². The van der Waals surface area contributed by atoms with Gasteiger partial charge in [0.2, 0.25) is 0 Å². The normalized spacial score (nSPS) is 14.0. The van der Waals surface area contributed by atoms with Crippen LogP contribution in [0.4, 0.5) is 0 Å². The zero-order chi connectivity index (χ0) is 38.4. The van der Waals surface area contributed by atoms with Crippen molar-refractivity contribution in [1.82, 2.24) is 10.3 Å². The number of hydrogen-bond donors (Lipinski definition) is 1. The third-order valence-electron chi connectivity index (χ3n) is 11.6.